The molecular weight excluding hydrogens is 769 g/mol. The fourth-order valence-corrected chi connectivity index (χ4v) is 7.78. The molecule has 1 atom stereocenters. The van der Waals surface area contributed by atoms with E-state index in [1.165, 1.54) is 161 Å². The number of unbranched alkanes of at least 4 members (excludes halogenated alkanes) is 33. The second kappa shape index (κ2) is 51.3. The van der Waals surface area contributed by atoms with Gasteiger partial charge in [0.05, 0.1) is 0 Å². The normalized spacial score (nSPS) is 12.2. The number of carbonyl (C=O) groups is 3. The number of hydrogen-bond acceptors (Lipinski definition) is 6. The van der Waals surface area contributed by atoms with Gasteiger partial charge in [0.25, 0.3) is 0 Å². The standard InChI is InChI=1S/C56H102O6/c1-4-7-10-13-16-19-22-25-27-29-31-34-37-40-43-46-49-55(58)61-52-53(51-60-54(57)48-45-42-39-36-33-24-21-18-15-12-9-6-3)62-56(59)50-47-44-41-38-35-32-30-28-26-23-20-17-14-11-8-5-2/h27-31,34,53H,4-26,32-33,35-52H2,1-3H3/b29-27-,30-28-,34-31-. The summed E-state index contributed by atoms with van der Waals surface area (Å²) in [6.45, 7) is 6.62. The van der Waals surface area contributed by atoms with Crippen molar-refractivity contribution in [3.63, 3.8) is 0 Å². The third-order valence-corrected chi connectivity index (χ3v) is 11.9. The predicted molar refractivity (Wildman–Crippen MR) is 266 cm³/mol. The van der Waals surface area contributed by atoms with E-state index < -0.39 is 6.10 Å². The summed E-state index contributed by atoms with van der Waals surface area (Å²) in [6.07, 6.45) is 59.8. The molecule has 0 aromatic rings. The molecule has 6 nitrogen and oxygen atoms in total. The van der Waals surface area contributed by atoms with Crippen LogP contribution in [0.3, 0.4) is 0 Å². The van der Waals surface area contributed by atoms with E-state index >= 15 is 0 Å². The number of ether oxygens (including phenoxy) is 3. The summed E-state index contributed by atoms with van der Waals surface area (Å²) in [4.78, 5) is 38.0. The average molecular weight is 871 g/mol. The molecule has 0 saturated carbocycles. The van der Waals surface area contributed by atoms with Crippen LogP contribution in [0.2, 0.25) is 0 Å². The molecule has 0 aliphatic carbocycles. The van der Waals surface area contributed by atoms with Gasteiger partial charge in [-0.3, -0.25) is 14.4 Å². The molecule has 0 heterocycles. The van der Waals surface area contributed by atoms with E-state index in [-0.39, 0.29) is 31.1 Å². The Kier molecular flexibility index (Phi) is 49.3. The van der Waals surface area contributed by atoms with Crippen molar-refractivity contribution in [3.8, 4) is 0 Å². The van der Waals surface area contributed by atoms with Crippen molar-refractivity contribution in [3.05, 3.63) is 36.5 Å². The third kappa shape index (κ3) is 48.7. The molecule has 0 aliphatic heterocycles. The van der Waals surface area contributed by atoms with Gasteiger partial charge in [-0.1, -0.05) is 231 Å². The van der Waals surface area contributed by atoms with E-state index in [4.69, 9.17) is 14.2 Å². The van der Waals surface area contributed by atoms with Gasteiger partial charge in [-0.2, -0.15) is 0 Å². The van der Waals surface area contributed by atoms with Crippen LogP contribution in [0.1, 0.15) is 284 Å². The highest BCUT2D eigenvalue weighted by Crippen LogP contribution is 2.15. The maximum Gasteiger partial charge on any atom is 0.306 e. The molecule has 6 heteroatoms. The van der Waals surface area contributed by atoms with Gasteiger partial charge >= 0.3 is 17.9 Å². The van der Waals surface area contributed by atoms with E-state index in [0.717, 1.165) is 83.5 Å². The molecule has 0 aliphatic rings. The fourth-order valence-electron chi connectivity index (χ4n) is 7.78. The summed E-state index contributed by atoms with van der Waals surface area (Å²) in [6, 6.07) is 0. The summed E-state index contributed by atoms with van der Waals surface area (Å²) in [7, 11) is 0. The lowest BCUT2D eigenvalue weighted by molar-refractivity contribution is -0.167. The van der Waals surface area contributed by atoms with Crippen molar-refractivity contribution in [1.82, 2.24) is 0 Å². The Bertz CT molecular complexity index is 1050. The zero-order valence-corrected chi connectivity index (χ0v) is 41.4. The van der Waals surface area contributed by atoms with Crippen molar-refractivity contribution in [1.29, 1.82) is 0 Å². The highest BCUT2D eigenvalue weighted by atomic mass is 16.6. The summed E-state index contributed by atoms with van der Waals surface area (Å²) < 4.78 is 16.8. The Hall–Kier alpha value is -2.37. The van der Waals surface area contributed by atoms with Gasteiger partial charge in [0.1, 0.15) is 13.2 Å². The lowest BCUT2D eigenvalue weighted by Gasteiger charge is -2.18. The Morgan fingerprint density at radius 1 is 0.323 bits per heavy atom. The molecule has 0 bridgehead atoms. The van der Waals surface area contributed by atoms with Crippen LogP contribution in [0.25, 0.3) is 0 Å². The zero-order chi connectivity index (χ0) is 45.1. The molecule has 0 aromatic heterocycles. The monoisotopic (exact) mass is 871 g/mol. The Morgan fingerprint density at radius 3 is 0.919 bits per heavy atom. The predicted octanol–water partition coefficient (Wildman–Crippen LogP) is 17.7. The highest BCUT2D eigenvalue weighted by molar-refractivity contribution is 5.71. The largest absolute Gasteiger partial charge is 0.462 e. The number of rotatable bonds is 49. The summed E-state index contributed by atoms with van der Waals surface area (Å²) in [5.74, 6) is -0.905. The lowest BCUT2D eigenvalue weighted by atomic mass is 10.0. The first-order valence-corrected chi connectivity index (χ1v) is 27.0. The van der Waals surface area contributed by atoms with E-state index in [1.807, 2.05) is 0 Å². The number of hydrogen-bond donors (Lipinski definition) is 0. The Morgan fingerprint density at radius 2 is 0.581 bits per heavy atom. The molecule has 0 N–H and O–H groups in total. The van der Waals surface area contributed by atoms with Gasteiger partial charge in [0.2, 0.25) is 0 Å². The molecular formula is C56H102O6. The van der Waals surface area contributed by atoms with Gasteiger partial charge in [0, 0.05) is 19.3 Å². The van der Waals surface area contributed by atoms with Crippen molar-refractivity contribution < 1.29 is 28.6 Å². The molecule has 0 spiro atoms. The van der Waals surface area contributed by atoms with Crippen LogP contribution in [0, 0.1) is 0 Å². The van der Waals surface area contributed by atoms with Crippen molar-refractivity contribution in [2.24, 2.45) is 0 Å². The van der Waals surface area contributed by atoms with E-state index in [9.17, 15) is 14.4 Å². The van der Waals surface area contributed by atoms with Gasteiger partial charge < -0.3 is 14.2 Å². The van der Waals surface area contributed by atoms with Crippen LogP contribution in [-0.4, -0.2) is 37.2 Å². The topological polar surface area (TPSA) is 78.9 Å². The zero-order valence-electron chi connectivity index (χ0n) is 41.4. The maximum atomic E-state index is 12.8. The van der Waals surface area contributed by atoms with Gasteiger partial charge in [-0.25, -0.2) is 0 Å². The molecule has 62 heavy (non-hydrogen) atoms. The first-order chi connectivity index (χ1) is 30.5. The summed E-state index contributed by atoms with van der Waals surface area (Å²) in [5.41, 5.74) is 0. The molecule has 362 valence electrons. The van der Waals surface area contributed by atoms with E-state index in [2.05, 4.69) is 57.2 Å². The third-order valence-electron chi connectivity index (χ3n) is 11.9. The minimum atomic E-state index is -0.783. The van der Waals surface area contributed by atoms with Crippen molar-refractivity contribution in [2.75, 3.05) is 13.2 Å². The van der Waals surface area contributed by atoms with Gasteiger partial charge in [-0.05, 0) is 70.6 Å². The minimum absolute atomic E-state index is 0.0809. The van der Waals surface area contributed by atoms with Gasteiger partial charge in [-0.15, -0.1) is 0 Å². The Labute approximate surface area is 385 Å². The van der Waals surface area contributed by atoms with Gasteiger partial charge in [0.15, 0.2) is 6.10 Å². The van der Waals surface area contributed by atoms with Crippen LogP contribution >= 0.6 is 0 Å². The summed E-state index contributed by atoms with van der Waals surface area (Å²) >= 11 is 0. The highest BCUT2D eigenvalue weighted by Gasteiger charge is 2.19. The Balaban J connectivity index is 4.40. The van der Waals surface area contributed by atoms with Crippen LogP contribution in [0.15, 0.2) is 36.5 Å². The molecule has 0 fully saturated rings. The van der Waals surface area contributed by atoms with E-state index in [0.29, 0.717) is 19.3 Å². The first kappa shape index (κ1) is 59.6. The second-order valence-corrected chi connectivity index (χ2v) is 18.2. The molecule has 0 radical (unpaired) electrons. The quantitative estimate of drug-likeness (QED) is 0.0199. The smallest absolute Gasteiger partial charge is 0.306 e. The molecule has 0 aromatic carbocycles. The fraction of sp³-hybridized carbons (Fsp3) is 0.839. The minimum Gasteiger partial charge on any atom is -0.462 e. The number of esters is 3. The SMILES string of the molecule is CCCCCCCCC/C=C\C=C/CCCCCC(=O)OCC(COC(=O)CCCCCCCCCCCCCC)OC(=O)CCCCCCC/C=C\CCCCCCCCC. The number of carbonyl (C=O) groups excluding carboxylic acids is 3. The first-order valence-electron chi connectivity index (χ1n) is 27.0. The van der Waals surface area contributed by atoms with Crippen LogP contribution in [0.4, 0.5) is 0 Å². The van der Waals surface area contributed by atoms with Crippen molar-refractivity contribution >= 4 is 17.9 Å². The van der Waals surface area contributed by atoms with E-state index in [1.54, 1.807) is 0 Å². The maximum absolute atomic E-state index is 12.8. The lowest BCUT2D eigenvalue weighted by Crippen LogP contribution is -2.30. The molecule has 0 rings (SSSR count). The molecule has 0 amide bonds. The van der Waals surface area contributed by atoms with Crippen LogP contribution in [0.5, 0.6) is 0 Å². The second-order valence-electron chi connectivity index (χ2n) is 18.2. The van der Waals surface area contributed by atoms with Crippen LogP contribution in [-0.2, 0) is 28.6 Å². The van der Waals surface area contributed by atoms with Crippen LogP contribution < -0.4 is 0 Å². The molecule has 1 unspecified atom stereocenters. The number of allylic oxidation sites excluding steroid dienone is 6. The summed E-state index contributed by atoms with van der Waals surface area (Å²) in [5, 5.41) is 0. The molecule has 0 saturated heterocycles. The average Bonchev–Trinajstić information content (AvgIpc) is 3.27. The van der Waals surface area contributed by atoms with Crippen molar-refractivity contribution in [2.45, 2.75) is 290 Å².